The molecule has 1 aliphatic heterocycles. The molecule has 1 aromatic rings. The van der Waals surface area contributed by atoms with Gasteiger partial charge in [-0.25, -0.2) is 4.98 Å². The van der Waals surface area contributed by atoms with E-state index in [4.69, 9.17) is 10.5 Å². The van der Waals surface area contributed by atoms with Crippen molar-refractivity contribution in [1.29, 1.82) is 0 Å². The van der Waals surface area contributed by atoms with Crippen molar-refractivity contribution in [3.8, 4) is 0 Å². The summed E-state index contributed by atoms with van der Waals surface area (Å²) in [6.07, 6.45) is 1.49. The Morgan fingerprint density at radius 2 is 2.00 bits per heavy atom. The first kappa shape index (κ1) is 20.9. The van der Waals surface area contributed by atoms with E-state index in [0.29, 0.717) is 17.9 Å². The number of aromatic nitrogens is 1. The van der Waals surface area contributed by atoms with E-state index in [0.717, 1.165) is 26.3 Å². The first-order valence-electron chi connectivity index (χ1n) is 6.81. The maximum Gasteiger partial charge on any atom is 0.269 e. The van der Waals surface area contributed by atoms with Gasteiger partial charge in [-0.15, -0.1) is 24.8 Å². The molecule has 3 N–H and O–H groups in total. The molecule has 22 heavy (non-hydrogen) atoms. The number of anilines is 1. The summed E-state index contributed by atoms with van der Waals surface area (Å²) in [5, 5.41) is 2.93. The van der Waals surface area contributed by atoms with Crippen molar-refractivity contribution in [2.75, 3.05) is 38.6 Å². The van der Waals surface area contributed by atoms with Crippen molar-refractivity contribution in [3.05, 3.63) is 24.0 Å². The smallest absolute Gasteiger partial charge is 0.269 e. The highest BCUT2D eigenvalue weighted by molar-refractivity contribution is 5.92. The van der Waals surface area contributed by atoms with Crippen LogP contribution < -0.4 is 11.1 Å². The van der Waals surface area contributed by atoms with Crippen LogP contribution in [0.2, 0.25) is 0 Å². The molecule has 0 spiro atoms. The summed E-state index contributed by atoms with van der Waals surface area (Å²) in [4.78, 5) is 18.4. The average Bonchev–Trinajstić information content (AvgIpc) is 2.46. The monoisotopic (exact) mass is 350 g/mol. The SMILES string of the molecule is CC(C)(CNC(=O)c1ccc(N)cn1)N1CCOCC1.Cl.Cl. The number of nitrogen functional groups attached to an aromatic ring is 1. The van der Waals surface area contributed by atoms with E-state index >= 15 is 0 Å². The largest absolute Gasteiger partial charge is 0.397 e. The number of amides is 1. The Bertz CT molecular complexity index is 462. The van der Waals surface area contributed by atoms with E-state index in [1.165, 1.54) is 6.20 Å². The van der Waals surface area contributed by atoms with Gasteiger partial charge in [0.15, 0.2) is 0 Å². The number of ether oxygens (including phenoxy) is 1. The zero-order valence-corrected chi connectivity index (χ0v) is 14.5. The minimum atomic E-state index is -0.175. The molecule has 1 fully saturated rings. The Hall–Kier alpha value is -1.08. The third-order valence-corrected chi connectivity index (χ3v) is 3.57. The van der Waals surface area contributed by atoms with Crippen LogP contribution in [0.1, 0.15) is 24.3 Å². The van der Waals surface area contributed by atoms with Gasteiger partial charge in [0.25, 0.3) is 5.91 Å². The molecule has 0 aromatic carbocycles. The second-order valence-corrected chi connectivity index (χ2v) is 5.57. The van der Waals surface area contributed by atoms with Gasteiger partial charge in [-0.05, 0) is 26.0 Å². The van der Waals surface area contributed by atoms with E-state index < -0.39 is 0 Å². The average molecular weight is 351 g/mol. The molecule has 8 heteroatoms. The second-order valence-electron chi connectivity index (χ2n) is 5.57. The molecule has 0 aliphatic carbocycles. The number of rotatable bonds is 4. The van der Waals surface area contributed by atoms with Gasteiger partial charge >= 0.3 is 0 Å². The van der Waals surface area contributed by atoms with Crippen LogP contribution in [0, 0.1) is 0 Å². The van der Waals surface area contributed by atoms with E-state index in [1.807, 2.05) is 0 Å². The van der Waals surface area contributed by atoms with Crippen LogP contribution in [0.3, 0.4) is 0 Å². The van der Waals surface area contributed by atoms with Crippen molar-refractivity contribution >= 4 is 36.4 Å². The summed E-state index contributed by atoms with van der Waals surface area (Å²) < 4.78 is 5.35. The maximum atomic E-state index is 12.0. The van der Waals surface area contributed by atoms with Crippen LogP contribution in [0.5, 0.6) is 0 Å². The first-order chi connectivity index (χ1) is 9.49. The van der Waals surface area contributed by atoms with Gasteiger partial charge in [-0.1, -0.05) is 0 Å². The lowest BCUT2D eigenvalue weighted by molar-refractivity contribution is -0.00924. The molecule has 6 nitrogen and oxygen atoms in total. The van der Waals surface area contributed by atoms with Crippen LogP contribution in [0.25, 0.3) is 0 Å². The van der Waals surface area contributed by atoms with Crippen molar-refractivity contribution in [2.24, 2.45) is 0 Å². The fraction of sp³-hybridized carbons (Fsp3) is 0.571. The van der Waals surface area contributed by atoms with E-state index in [9.17, 15) is 4.79 Å². The molecule has 1 aromatic heterocycles. The second kappa shape index (κ2) is 9.15. The Morgan fingerprint density at radius 3 is 2.55 bits per heavy atom. The van der Waals surface area contributed by atoms with Gasteiger partial charge in [0.05, 0.1) is 25.1 Å². The van der Waals surface area contributed by atoms with Gasteiger partial charge in [0, 0.05) is 25.2 Å². The van der Waals surface area contributed by atoms with Gasteiger partial charge < -0.3 is 15.8 Å². The lowest BCUT2D eigenvalue weighted by Crippen LogP contribution is -2.55. The quantitative estimate of drug-likeness (QED) is 0.856. The number of nitrogens with two attached hydrogens (primary N) is 1. The van der Waals surface area contributed by atoms with Crippen molar-refractivity contribution in [1.82, 2.24) is 15.2 Å². The van der Waals surface area contributed by atoms with Crippen molar-refractivity contribution < 1.29 is 9.53 Å². The van der Waals surface area contributed by atoms with Crippen LogP contribution >= 0.6 is 24.8 Å². The molecule has 0 bridgehead atoms. The Morgan fingerprint density at radius 1 is 1.36 bits per heavy atom. The maximum absolute atomic E-state index is 12.0. The molecule has 1 amide bonds. The molecule has 0 radical (unpaired) electrons. The number of hydrogen-bond donors (Lipinski definition) is 2. The Labute approximate surface area is 143 Å². The van der Waals surface area contributed by atoms with E-state index in [2.05, 4.69) is 29.0 Å². The summed E-state index contributed by atoms with van der Waals surface area (Å²) in [5.74, 6) is -0.175. The topological polar surface area (TPSA) is 80.5 Å². The van der Waals surface area contributed by atoms with Crippen LogP contribution in [-0.4, -0.2) is 54.2 Å². The third-order valence-electron chi connectivity index (χ3n) is 3.57. The number of pyridine rings is 1. The highest BCUT2D eigenvalue weighted by atomic mass is 35.5. The lowest BCUT2D eigenvalue weighted by Gasteiger charge is -2.40. The fourth-order valence-electron chi connectivity index (χ4n) is 2.21. The van der Waals surface area contributed by atoms with Gasteiger partial charge in [-0.3, -0.25) is 9.69 Å². The number of morpholine rings is 1. The number of carbonyl (C=O) groups excluding carboxylic acids is 1. The highest BCUT2D eigenvalue weighted by Crippen LogP contribution is 2.15. The molecule has 0 atom stereocenters. The minimum absolute atomic E-state index is 0. The summed E-state index contributed by atoms with van der Waals surface area (Å²) >= 11 is 0. The molecule has 1 saturated heterocycles. The Balaban J connectivity index is 0.00000220. The summed E-state index contributed by atoms with van der Waals surface area (Å²) in [6, 6.07) is 3.31. The number of halogens is 2. The normalized spacial score (nSPS) is 15.4. The summed E-state index contributed by atoms with van der Waals surface area (Å²) in [7, 11) is 0. The van der Waals surface area contributed by atoms with Crippen LogP contribution in [0.15, 0.2) is 18.3 Å². The highest BCUT2D eigenvalue weighted by Gasteiger charge is 2.28. The number of nitrogens with one attached hydrogen (secondary N) is 1. The lowest BCUT2D eigenvalue weighted by atomic mass is 10.0. The number of hydrogen-bond acceptors (Lipinski definition) is 5. The molecule has 2 heterocycles. The predicted octanol–water partition coefficient (Wildman–Crippen LogP) is 1.35. The van der Waals surface area contributed by atoms with Crippen LogP contribution in [0.4, 0.5) is 5.69 Å². The zero-order valence-electron chi connectivity index (χ0n) is 12.9. The minimum Gasteiger partial charge on any atom is -0.397 e. The molecule has 2 rings (SSSR count). The van der Waals surface area contributed by atoms with E-state index in [1.54, 1.807) is 12.1 Å². The molecule has 0 unspecified atom stereocenters. The van der Waals surface area contributed by atoms with Gasteiger partial charge in [-0.2, -0.15) is 0 Å². The third kappa shape index (κ3) is 5.61. The van der Waals surface area contributed by atoms with Crippen molar-refractivity contribution in [3.63, 3.8) is 0 Å². The van der Waals surface area contributed by atoms with E-state index in [-0.39, 0.29) is 36.3 Å². The molecular formula is C14H24Cl2N4O2. The Kier molecular flexibility index (Phi) is 8.70. The molecule has 1 aliphatic rings. The summed E-state index contributed by atoms with van der Waals surface area (Å²) in [5.41, 5.74) is 6.39. The van der Waals surface area contributed by atoms with Gasteiger partial charge in [0.1, 0.15) is 5.69 Å². The van der Waals surface area contributed by atoms with Crippen LogP contribution in [-0.2, 0) is 4.74 Å². The first-order valence-corrected chi connectivity index (χ1v) is 6.81. The zero-order chi connectivity index (χ0) is 14.6. The molecular weight excluding hydrogens is 327 g/mol. The van der Waals surface area contributed by atoms with Crippen molar-refractivity contribution in [2.45, 2.75) is 19.4 Å². The fourth-order valence-corrected chi connectivity index (χ4v) is 2.21. The van der Waals surface area contributed by atoms with Gasteiger partial charge in [0.2, 0.25) is 0 Å². The number of nitrogens with zero attached hydrogens (tertiary/aromatic N) is 2. The summed E-state index contributed by atoms with van der Waals surface area (Å²) in [6.45, 7) is 8.09. The number of carbonyl (C=O) groups is 1. The standard InChI is InChI=1S/C14H22N4O2.2ClH/c1-14(2,18-5-7-20-8-6-18)10-17-13(19)12-4-3-11(15)9-16-12;;/h3-4,9H,5-8,10,15H2,1-2H3,(H,17,19);2*1H. The predicted molar refractivity (Wildman–Crippen MR) is 91.9 cm³/mol. The molecule has 126 valence electrons. The molecule has 0 saturated carbocycles.